The second kappa shape index (κ2) is 4.63. The fourth-order valence-corrected chi connectivity index (χ4v) is 1.68. The minimum atomic E-state index is -0.505. The Morgan fingerprint density at radius 2 is 2.29 bits per heavy atom. The van der Waals surface area contributed by atoms with E-state index in [1.165, 1.54) is 12.1 Å². The van der Waals surface area contributed by atoms with Crippen molar-refractivity contribution < 1.29 is 4.39 Å². The summed E-state index contributed by atoms with van der Waals surface area (Å²) < 4.78 is 13.3. The van der Waals surface area contributed by atoms with Crippen molar-refractivity contribution in [2.24, 2.45) is 0 Å². The molecule has 1 aromatic heterocycles. The molecule has 0 spiro atoms. The fraction of sp³-hybridized carbons (Fsp3) is 0.182. The minimum Gasteiger partial charge on any atom is -0.397 e. The van der Waals surface area contributed by atoms with Crippen molar-refractivity contribution >= 4 is 23.0 Å². The summed E-state index contributed by atoms with van der Waals surface area (Å²) in [6.45, 7) is 1.89. The van der Waals surface area contributed by atoms with Crippen molar-refractivity contribution in [2.75, 3.05) is 11.1 Å². The van der Waals surface area contributed by atoms with E-state index in [0.717, 1.165) is 5.82 Å². The van der Waals surface area contributed by atoms with Gasteiger partial charge in [0.25, 0.3) is 0 Å². The predicted molar refractivity (Wildman–Crippen MR) is 66.4 cm³/mol. The molecule has 0 fully saturated rings. The Balaban J connectivity index is 2.22. The quantitative estimate of drug-likeness (QED) is 0.738. The van der Waals surface area contributed by atoms with E-state index >= 15 is 0 Å². The maximum atomic E-state index is 13.3. The number of rotatable bonds is 3. The van der Waals surface area contributed by atoms with Crippen LogP contribution in [0.15, 0.2) is 24.5 Å². The van der Waals surface area contributed by atoms with Gasteiger partial charge in [-0.15, -0.1) is 0 Å². The van der Waals surface area contributed by atoms with E-state index in [1.54, 1.807) is 12.4 Å². The normalized spacial score (nSPS) is 12.4. The van der Waals surface area contributed by atoms with Crippen molar-refractivity contribution in [1.82, 2.24) is 9.97 Å². The first-order chi connectivity index (χ1) is 8.08. The van der Waals surface area contributed by atoms with E-state index in [2.05, 4.69) is 15.3 Å². The minimum absolute atomic E-state index is 0.0127. The zero-order valence-electron chi connectivity index (χ0n) is 9.17. The summed E-state index contributed by atoms with van der Waals surface area (Å²) in [6.07, 6.45) is 3.37. The lowest BCUT2D eigenvalue weighted by atomic mass is 10.2. The third kappa shape index (κ3) is 2.50. The number of benzene rings is 1. The number of aromatic amines is 1. The molecular weight excluding hydrogens is 243 g/mol. The second-order valence-corrected chi connectivity index (χ2v) is 4.10. The third-order valence-electron chi connectivity index (χ3n) is 2.39. The van der Waals surface area contributed by atoms with Crippen molar-refractivity contribution in [3.05, 3.63) is 41.2 Å². The highest BCUT2D eigenvalue weighted by Crippen LogP contribution is 2.28. The Hall–Kier alpha value is -1.75. The average Bonchev–Trinajstić information content (AvgIpc) is 2.79. The number of nitrogens with zero attached hydrogens (tertiary/aromatic N) is 1. The standard InChI is InChI=1S/C11H12ClFN4/c1-6(11-15-2-3-16-11)17-10-5-8(13)7(12)4-9(10)14/h2-6,17H,14H2,1H3,(H,15,16). The van der Waals surface area contributed by atoms with Gasteiger partial charge >= 0.3 is 0 Å². The molecule has 0 aliphatic carbocycles. The summed E-state index contributed by atoms with van der Waals surface area (Å²) in [5.74, 6) is 0.245. The Morgan fingerprint density at radius 1 is 1.53 bits per heavy atom. The molecule has 90 valence electrons. The van der Waals surface area contributed by atoms with Crippen molar-refractivity contribution in [3.8, 4) is 0 Å². The summed E-state index contributed by atoms with van der Waals surface area (Å²) in [6, 6.07) is 2.55. The van der Waals surface area contributed by atoms with Crippen LogP contribution in [0, 0.1) is 5.82 Å². The largest absolute Gasteiger partial charge is 0.397 e. The molecule has 6 heteroatoms. The first-order valence-corrected chi connectivity index (χ1v) is 5.46. The van der Waals surface area contributed by atoms with Crippen LogP contribution in [-0.4, -0.2) is 9.97 Å². The number of H-pyrrole nitrogens is 1. The van der Waals surface area contributed by atoms with E-state index < -0.39 is 5.82 Å². The van der Waals surface area contributed by atoms with Crippen LogP contribution in [-0.2, 0) is 0 Å². The molecule has 1 heterocycles. The zero-order valence-corrected chi connectivity index (χ0v) is 9.92. The number of hydrogen-bond acceptors (Lipinski definition) is 3. The number of imidazole rings is 1. The van der Waals surface area contributed by atoms with E-state index in [0.29, 0.717) is 11.4 Å². The first kappa shape index (κ1) is 11.7. The summed E-state index contributed by atoms with van der Waals surface area (Å²) >= 11 is 5.62. The fourth-order valence-electron chi connectivity index (χ4n) is 1.50. The van der Waals surface area contributed by atoms with Crippen LogP contribution in [0.5, 0.6) is 0 Å². The molecular formula is C11H12ClFN4. The van der Waals surface area contributed by atoms with E-state index in [4.69, 9.17) is 17.3 Å². The molecule has 0 bridgehead atoms. The second-order valence-electron chi connectivity index (χ2n) is 3.69. The summed E-state index contributed by atoms with van der Waals surface area (Å²) in [7, 11) is 0. The van der Waals surface area contributed by atoms with Crippen LogP contribution >= 0.6 is 11.6 Å². The van der Waals surface area contributed by atoms with Gasteiger partial charge in [-0.2, -0.15) is 0 Å². The zero-order chi connectivity index (χ0) is 12.4. The number of halogens is 2. The molecule has 0 amide bonds. The SMILES string of the molecule is CC(Nc1cc(F)c(Cl)cc1N)c1ncc[nH]1. The van der Waals surface area contributed by atoms with Gasteiger partial charge in [0.2, 0.25) is 0 Å². The lowest BCUT2D eigenvalue weighted by molar-refractivity contribution is 0.628. The van der Waals surface area contributed by atoms with Crippen molar-refractivity contribution in [1.29, 1.82) is 0 Å². The van der Waals surface area contributed by atoms with E-state index in [9.17, 15) is 4.39 Å². The number of aromatic nitrogens is 2. The van der Waals surface area contributed by atoms with Gasteiger partial charge in [0.15, 0.2) is 0 Å². The molecule has 2 aromatic rings. The van der Waals surface area contributed by atoms with E-state index in [1.807, 2.05) is 6.92 Å². The van der Waals surface area contributed by atoms with Gasteiger partial charge in [0, 0.05) is 18.5 Å². The maximum Gasteiger partial charge on any atom is 0.143 e. The molecule has 4 nitrogen and oxygen atoms in total. The number of nitrogen functional groups attached to an aromatic ring is 1. The monoisotopic (exact) mass is 254 g/mol. The Labute approximate surface area is 103 Å². The van der Waals surface area contributed by atoms with Crippen molar-refractivity contribution in [3.63, 3.8) is 0 Å². The molecule has 1 aromatic carbocycles. The molecule has 0 radical (unpaired) electrons. The van der Waals surface area contributed by atoms with E-state index in [-0.39, 0.29) is 11.1 Å². The van der Waals surface area contributed by atoms with Gasteiger partial charge in [-0.05, 0) is 13.0 Å². The number of nitrogens with two attached hydrogens (primary N) is 1. The van der Waals surface area contributed by atoms with Gasteiger partial charge in [0.05, 0.1) is 22.4 Å². The number of hydrogen-bond donors (Lipinski definition) is 3. The predicted octanol–water partition coefficient (Wildman–Crippen LogP) is 2.96. The molecule has 0 aliphatic heterocycles. The lowest BCUT2D eigenvalue weighted by Crippen LogP contribution is -2.10. The van der Waals surface area contributed by atoms with Crippen LogP contribution < -0.4 is 11.1 Å². The van der Waals surface area contributed by atoms with Gasteiger partial charge in [-0.3, -0.25) is 0 Å². The Bertz CT molecular complexity index is 512. The molecule has 0 saturated carbocycles. The Kier molecular flexibility index (Phi) is 3.19. The summed E-state index contributed by atoms with van der Waals surface area (Å²) in [4.78, 5) is 7.07. The lowest BCUT2D eigenvalue weighted by Gasteiger charge is -2.15. The van der Waals surface area contributed by atoms with Crippen molar-refractivity contribution in [2.45, 2.75) is 13.0 Å². The average molecular weight is 255 g/mol. The van der Waals surface area contributed by atoms with Gasteiger partial charge in [-0.1, -0.05) is 11.6 Å². The topological polar surface area (TPSA) is 66.7 Å². The van der Waals surface area contributed by atoms with Crippen LogP contribution in [0.2, 0.25) is 5.02 Å². The highest BCUT2D eigenvalue weighted by Gasteiger charge is 2.11. The first-order valence-electron chi connectivity index (χ1n) is 5.08. The van der Waals surface area contributed by atoms with Crippen LogP contribution in [0.25, 0.3) is 0 Å². The summed E-state index contributed by atoms with van der Waals surface area (Å²) in [5.41, 5.74) is 6.64. The molecule has 1 unspecified atom stereocenters. The molecule has 0 saturated heterocycles. The smallest absolute Gasteiger partial charge is 0.143 e. The number of nitrogens with one attached hydrogen (secondary N) is 2. The molecule has 1 atom stereocenters. The molecule has 4 N–H and O–H groups in total. The van der Waals surface area contributed by atoms with Gasteiger partial charge in [0.1, 0.15) is 11.6 Å². The molecule has 17 heavy (non-hydrogen) atoms. The Morgan fingerprint density at radius 3 is 2.94 bits per heavy atom. The van der Waals surface area contributed by atoms with Gasteiger partial charge < -0.3 is 16.0 Å². The maximum absolute atomic E-state index is 13.3. The summed E-state index contributed by atoms with van der Waals surface area (Å²) in [5, 5.41) is 3.08. The van der Waals surface area contributed by atoms with Crippen LogP contribution in [0.1, 0.15) is 18.8 Å². The highest BCUT2D eigenvalue weighted by atomic mass is 35.5. The number of anilines is 2. The molecule has 2 rings (SSSR count). The third-order valence-corrected chi connectivity index (χ3v) is 2.68. The van der Waals surface area contributed by atoms with Crippen LogP contribution in [0.4, 0.5) is 15.8 Å². The van der Waals surface area contributed by atoms with Crippen LogP contribution in [0.3, 0.4) is 0 Å². The van der Waals surface area contributed by atoms with Gasteiger partial charge in [-0.25, -0.2) is 9.37 Å². The highest BCUT2D eigenvalue weighted by molar-refractivity contribution is 6.31. The molecule has 0 aliphatic rings.